The highest BCUT2D eigenvalue weighted by Crippen LogP contribution is 2.19. The van der Waals surface area contributed by atoms with Crippen LogP contribution in [0.2, 0.25) is 0 Å². The molecule has 2 aromatic carbocycles. The van der Waals surface area contributed by atoms with Crippen molar-refractivity contribution in [1.29, 1.82) is 0 Å². The molecule has 2 rings (SSSR count). The molecule has 2 aromatic rings. The number of urea groups is 1. The van der Waals surface area contributed by atoms with Gasteiger partial charge in [-0.15, -0.1) is 0 Å². The lowest BCUT2D eigenvalue weighted by molar-refractivity contribution is 0.104. The Morgan fingerprint density at radius 3 is 1.85 bits per heavy atom. The van der Waals surface area contributed by atoms with Gasteiger partial charge < -0.3 is 25.0 Å². The summed E-state index contributed by atoms with van der Waals surface area (Å²) in [6.45, 7) is 8.01. The van der Waals surface area contributed by atoms with Crippen LogP contribution in [0.1, 0.15) is 20.8 Å². The monoisotopic (exact) mass is 371 g/mol. The average Bonchev–Trinajstić information content (AvgIpc) is 2.66. The summed E-state index contributed by atoms with van der Waals surface area (Å²) in [6, 6.07) is 13.7. The molecule has 0 radical (unpaired) electrons. The van der Waals surface area contributed by atoms with Crippen LogP contribution >= 0.6 is 0 Å². The molecular formula is C20H25N3O4. The number of hydrogen-bond donors (Lipinski definition) is 2. The number of rotatable bonds is 7. The summed E-state index contributed by atoms with van der Waals surface area (Å²) in [5.41, 5.74) is 2.39. The van der Waals surface area contributed by atoms with Gasteiger partial charge in [0.1, 0.15) is 5.75 Å². The molecule has 7 heteroatoms. The molecule has 0 spiro atoms. The van der Waals surface area contributed by atoms with Crippen LogP contribution in [0.15, 0.2) is 48.5 Å². The fourth-order valence-electron chi connectivity index (χ4n) is 2.49. The van der Waals surface area contributed by atoms with E-state index in [1.54, 1.807) is 31.2 Å². The number of nitrogens with zero attached hydrogens (tertiary/aromatic N) is 1. The first-order valence-electron chi connectivity index (χ1n) is 8.93. The molecule has 0 aliphatic carbocycles. The van der Waals surface area contributed by atoms with Gasteiger partial charge in [-0.1, -0.05) is 0 Å². The molecule has 0 unspecified atom stereocenters. The number of amides is 2. The van der Waals surface area contributed by atoms with Crippen molar-refractivity contribution < 1.29 is 19.1 Å². The van der Waals surface area contributed by atoms with Crippen molar-refractivity contribution in [2.45, 2.75) is 20.8 Å². The van der Waals surface area contributed by atoms with Gasteiger partial charge in [-0.05, 0) is 69.3 Å². The molecule has 0 bridgehead atoms. The second-order valence-corrected chi connectivity index (χ2v) is 5.61. The van der Waals surface area contributed by atoms with Crippen molar-refractivity contribution in [3.05, 3.63) is 48.5 Å². The molecule has 7 nitrogen and oxygen atoms in total. The smallest absolute Gasteiger partial charge is 0.434 e. The van der Waals surface area contributed by atoms with Crippen LogP contribution in [0.3, 0.4) is 0 Å². The first-order valence-corrected chi connectivity index (χ1v) is 8.93. The van der Waals surface area contributed by atoms with E-state index < -0.39 is 6.16 Å². The number of carbonyl (C=O) groups is 2. The van der Waals surface area contributed by atoms with Crippen molar-refractivity contribution >= 4 is 29.2 Å². The van der Waals surface area contributed by atoms with Crippen LogP contribution in [-0.2, 0) is 4.74 Å². The number of nitrogens with one attached hydrogen (secondary N) is 2. The van der Waals surface area contributed by atoms with E-state index >= 15 is 0 Å². The van der Waals surface area contributed by atoms with Gasteiger partial charge >= 0.3 is 12.2 Å². The molecule has 0 saturated heterocycles. The van der Waals surface area contributed by atoms with Crippen molar-refractivity contribution in [2.75, 3.05) is 35.2 Å². The SMILES string of the molecule is CCOC(=O)Oc1ccc(NC(=O)Nc2ccc(N(CC)CC)cc2)cc1. The van der Waals surface area contributed by atoms with E-state index in [9.17, 15) is 9.59 Å². The van der Waals surface area contributed by atoms with Gasteiger partial charge in [0, 0.05) is 30.2 Å². The molecule has 2 amide bonds. The van der Waals surface area contributed by atoms with E-state index in [1.165, 1.54) is 0 Å². The Bertz CT molecular complexity index is 741. The number of benzene rings is 2. The van der Waals surface area contributed by atoms with E-state index in [1.807, 2.05) is 24.3 Å². The zero-order valence-electron chi connectivity index (χ0n) is 15.8. The maximum Gasteiger partial charge on any atom is 0.513 e. The van der Waals surface area contributed by atoms with Crippen LogP contribution in [0.25, 0.3) is 0 Å². The Labute approximate surface area is 159 Å². The van der Waals surface area contributed by atoms with Gasteiger partial charge in [0.2, 0.25) is 0 Å². The van der Waals surface area contributed by atoms with Crippen molar-refractivity contribution in [3.8, 4) is 5.75 Å². The molecule has 2 N–H and O–H groups in total. The lowest BCUT2D eigenvalue weighted by Crippen LogP contribution is -2.22. The minimum absolute atomic E-state index is 0.245. The maximum atomic E-state index is 12.1. The molecule has 0 aromatic heterocycles. The minimum Gasteiger partial charge on any atom is -0.434 e. The Kier molecular flexibility index (Phi) is 7.49. The average molecular weight is 371 g/mol. The second kappa shape index (κ2) is 10.1. The third kappa shape index (κ3) is 6.22. The Balaban J connectivity index is 1.89. The van der Waals surface area contributed by atoms with E-state index in [2.05, 4.69) is 29.4 Å². The van der Waals surface area contributed by atoms with Crippen LogP contribution in [-0.4, -0.2) is 31.9 Å². The number of carbonyl (C=O) groups excluding carboxylic acids is 2. The highest BCUT2D eigenvalue weighted by Gasteiger charge is 2.07. The van der Waals surface area contributed by atoms with E-state index in [0.717, 1.165) is 18.8 Å². The molecule has 0 fully saturated rings. The van der Waals surface area contributed by atoms with Crippen molar-refractivity contribution in [3.63, 3.8) is 0 Å². The maximum absolute atomic E-state index is 12.1. The summed E-state index contributed by atoms with van der Waals surface area (Å²) < 4.78 is 9.67. The fraction of sp³-hybridized carbons (Fsp3) is 0.300. The molecule has 0 heterocycles. The number of ether oxygens (including phenoxy) is 2. The molecule has 0 saturated carbocycles. The third-order valence-electron chi connectivity index (χ3n) is 3.83. The van der Waals surface area contributed by atoms with Crippen molar-refractivity contribution in [1.82, 2.24) is 0 Å². The van der Waals surface area contributed by atoms with Crippen molar-refractivity contribution in [2.24, 2.45) is 0 Å². The van der Waals surface area contributed by atoms with Gasteiger partial charge in [-0.25, -0.2) is 9.59 Å². The van der Waals surface area contributed by atoms with Crippen LogP contribution in [0.5, 0.6) is 5.75 Å². The summed E-state index contributed by atoms with van der Waals surface area (Å²) in [5.74, 6) is 0.339. The van der Waals surface area contributed by atoms with E-state index in [4.69, 9.17) is 9.47 Å². The fourth-order valence-corrected chi connectivity index (χ4v) is 2.49. The summed E-state index contributed by atoms with van der Waals surface area (Å²) in [7, 11) is 0. The number of anilines is 3. The summed E-state index contributed by atoms with van der Waals surface area (Å²) in [4.78, 5) is 25.6. The highest BCUT2D eigenvalue weighted by atomic mass is 16.7. The third-order valence-corrected chi connectivity index (χ3v) is 3.83. The van der Waals surface area contributed by atoms with E-state index in [0.29, 0.717) is 17.1 Å². The lowest BCUT2D eigenvalue weighted by atomic mass is 10.2. The Morgan fingerprint density at radius 1 is 0.852 bits per heavy atom. The molecular weight excluding hydrogens is 346 g/mol. The molecule has 27 heavy (non-hydrogen) atoms. The first-order chi connectivity index (χ1) is 13.0. The summed E-state index contributed by atoms with van der Waals surface area (Å²) in [5, 5.41) is 5.51. The van der Waals surface area contributed by atoms with Gasteiger partial charge in [0.25, 0.3) is 0 Å². The van der Waals surface area contributed by atoms with Crippen LogP contribution < -0.4 is 20.3 Å². The predicted molar refractivity (Wildman–Crippen MR) is 107 cm³/mol. The second-order valence-electron chi connectivity index (χ2n) is 5.61. The Morgan fingerprint density at radius 2 is 1.37 bits per heavy atom. The minimum atomic E-state index is -0.760. The summed E-state index contributed by atoms with van der Waals surface area (Å²) in [6.07, 6.45) is -0.760. The van der Waals surface area contributed by atoms with Crippen LogP contribution in [0.4, 0.5) is 26.7 Å². The normalized spacial score (nSPS) is 10.0. The Hall–Kier alpha value is -3.22. The lowest BCUT2D eigenvalue weighted by Gasteiger charge is -2.21. The van der Waals surface area contributed by atoms with E-state index in [-0.39, 0.29) is 12.6 Å². The first kappa shape index (κ1) is 20.1. The van der Waals surface area contributed by atoms with Crippen LogP contribution in [0, 0.1) is 0 Å². The summed E-state index contributed by atoms with van der Waals surface area (Å²) >= 11 is 0. The molecule has 0 aliphatic rings. The van der Waals surface area contributed by atoms with Gasteiger partial charge in [-0.3, -0.25) is 0 Å². The number of hydrogen-bond acceptors (Lipinski definition) is 5. The molecule has 0 atom stereocenters. The largest absolute Gasteiger partial charge is 0.513 e. The predicted octanol–water partition coefficient (Wildman–Crippen LogP) is 4.71. The highest BCUT2D eigenvalue weighted by molar-refractivity contribution is 5.99. The van der Waals surface area contributed by atoms with Gasteiger partial charge in [0.05, 0.1) is 6.61 Å². The molecule has 0 aliphatic heterocycles. The molecule has 144 valence electrons. The quantitative estimate of drug-likeness (QED) is 0.544. The zero-order valence-corrected chi connectivity index (χ0v) is 15.8. The standard InChI is InChI=1S/C20H25N3O4/c1-4-23(5-2)17-11-7-15(8-12-17)21-19(24)22-16-9-13-18(14-10-16)27-20(25)26-6-3/h7-14H,4-6H2,1-3H3,(H2,21,22,24). The van der Waals surface area contributed by atoms with Gasteiger partial charge in [0.15, 0.2) is 0 Å². The topological polar surface area (TPSA) is 79.9 Å². The van der Waals surface area contributed by atoms with Gasteiger partial charge in [-0.2, -0.15) is 0 Å². The zero-order chi connectivity index (χ0) is 19.6.